The first-order chi connectivity index (χ1) is 9.90. The number of anilines is 2. The molecule has 5 nitrogen and oxygen atoms in total. The topological polar surface area (TPSA) is 71.5 Å². The number of ether oxygens (including phenoxy) is 1. The molecule has 0 fully saturated rings. The first kappa shape index (κ1) is 15.1. The molecule has 2 N–H and O–H groups in total. The van der Waals surface area contributed by atoms with E-state index in [0.717, 1.165) is 5.56 Å². The van der Waals surface area contributed by atoms with Crippen LogP contribution in [-0.2, 0) is 0 Å². The molecular weight excluding hydrogens is 292 g/mol. The molecule has 2 aromatic rings. The maximum absolute atomic E-state index is 11.1. The van der Waals surface area contributed by atoms with Crippen molar-refractivity contribution in [3.05, 3.63) is 46.1 Å². The van der Waals surface area contributed by atoms with Crippen LogP contribution in [0, 0.1) is 13.8 Å². The average molecular weight is 307 g/mol. The van der Waals surface area contributed by atoms with E-state index in [9.17, 15) is 4.79 Å². The van der Waals surface area contributed by atoms with Crippen LogP contribution in [0.4, 0.5) is 11.5 Å². The Kier molecular flexibility index (Phi) is 4.33. The summed E-state index contributed by atoms with van der Waals surface area (Å²) in [4.78, 5) is 15.4. The highest BCUT2D eigenvalue weighted by Crippen LogP contribution is 2.32. The highest BCUT2D eigenvalue weighted by molar-refractivity contribution is 6.31. The number of carbonyl (C=O) groups is 1. The van der Waals surface area contributed by atoms with Crippen molar-refractivity contribution in [1.82, 2.24) is 4.98 Å². The van der Waals surface area contributed by atoms with Crippen LogP contribution in [0.5, 0.6) is 5.75 Å². The van der Waals surface area contributed by atoms with Crippen LogP contribution in [-0.4, -0.2) is 23.2 Å². The van der Waals surface area contributed by atoms with Gasteiger partial charge in [-0.15, -0.1) is 0 Å². The molecule has 2 rings (SSSR count). The van der Waals surface area contributed by atoms with Gasteiger partial charge in [0, 0.05) is 16.8 Å². The van der Waals surface area contributed by atoms with E-state index < -0.39 is 5.97 Å². The highest BCUT2D eigenvalue weighted by atomic mass is 35.5. The summed E-state index contributed by atoms with van der Waals surface area (Å²) < 4.78 is 5.27. The molecule has 21 heavy (non-hydrogen) atoms. The second-order valence-corrected chi connectivity index (χ2v) is 5.02. The minimum absolute atomic E-state index is 0.176. The third-order valence-corrected chi connectivity index (χ3v) is 3.35. The molecular formula is C15H15ClN2O3. The second kappa shape index (κ2) is 6.01. The Morgan fingerprint density at radius 1 is 1.29 bits per heavy atom. The molecule has 1 aromatic carbocycles. The molecule has 0 amide bonds. The number of halogens is 1. The molecule has 0 atom stereocenters. The average Bonchev–Trinajstić information content (AvgIpc) is 2.42. The lowest BCUT2D eigenvalue weighted by Gasteiger charge is -2.13. The molecule has 0 saturated heterocycles. The van der Waals surface area contributed by atoms with Gasteiger partial charge in [-0.3, -0.25) is 0 Å². The van der Waals surface area contributed by atoms with Crippen LogP contribution in [0.2, 0.25) is 5.02 Å². The Morgan fingerprint density at radius 2 is 2.00 bits per heavy atom. The van der Waals surface area contributed by atoms with E-state index in [1.54, 1.807) is 20.1 Å². The Balaban J connectivity index is 2.42. The lowest BCUT2D eigenvalue weighted by atomic mass is 10.2. The molecule has 0 aliphatic heterocycles. The predicted molar refractivity (Wildman–Crippen MR) is 82.0 cm³/mol. The molecule has 0 aliphatic rings. The van der Waals surface area contributed by atoms with E-state index in [0.29, 0.717) is 28.0 Å². The maximum atomic E-state index is 11.1. The summed E-state index contributed by atoms with van der Waals surface area (Å²) in [7, 11) is 1.54. The molecule has 0 aliphatic carbocycles. The number of carboxylic acid groups (broad SMARTS) is 1. The first-order valence-corrected chi connectivity index (χ1v) is 6.61. The number of aromatic nitrogens is 1. The molecule has 6 heteroatoms. The summed E-state index contributed by atoms with van der Waals surface area (Å²) in [5.41, 5.74) is 2.34. The van der Waals surface area contributed by atoms with Gasteiger partial charge in [0.1, 0.15) is 11.6 Å². The molecule has 0 radical (unpaired) electrons. The van der Waals surface area contributed by atoms with Gasteiger partial charge in [-0.05, 0) is 37.6 Å². The number of pyridine rings is 1. The normalized spacial score (nSPS) is 10.3. The Bertz CT molecular complexity index is 702. The molecule has 0 saturated carbocycles. The fourth-order valence-electron chi connectivity index (χ4n) is 1.92. The Labute approximate surface area is 127 Å². The van der Waals surface area contributed by atoms with Gasteiger partial charge in [-0.1, -0.05) is 11.6 Å². The predicted octanol–water partition coefficient (Wildman–Crippen LogP) is 3.80. The van der Waals surface area contributed by atoms with Gasteiger partial charge in [-0.25, -0.2) is 9.78 Å². The summed E-state index contributed by atoms with van der Waals surface area (Å²) in [6, 6.07) is 6.51. The number of aryl methyl sites for hydroxylation is 2. The quantitative estimate of drug-likeness (QED) is 0.899. The number of aromatic carboxylic acids is 1. The summed E-state index contributed by atoms with van der Waals surface area (Å²) in [5.74, 6) is 0.000931. The molecule has 0 unspecified atom stereocenters. The van der Waals surface area contributed by atoms with Crippen LogP contribution < -0.4 is 10.1 Å². The van der Waals surface area contributed by atoms with Crippen molar-refractivity contribution in [3.8, 4) is 5.75 Å². The molecule has 1 aromatic heterocycles. The van der Waals surface area contributed by atoms with Crippen molar-refractivity contribution in [1.29, 1.82) is 0 Å². The highest BCUT2D eigenvalue weighted by Gasteiger charge is 2.11. The number of carboxylic acids is 1. The van der Waals surface area contributed by atoms with Crippen molar-refractivity contribution in [2.24, 2.45) is 0 Å². The minimum atomic E-state index is -0.997. The van der Waals surface area contributed by atoms with E-state index in [1.165, 1.54) is 12.1 Å². The minimum Gasteiger partial charge on any atom is -0.495 e. The van der Waals surface area contributed by atoms with Gasteiger partial charge in [-0.2, -0.15) is 0 Å². The van der Waals surface area contributed by atoms with Crippen molar-refractivity contribution in [2.75, 3.05) is 12.4 Å². The molecule has 110 valence electrons. The fraction of sp³-hybridized carbons (Fsp3) is 0.200. The van der Waals surface area contributed by atoms with Gasteiger partial charge in [0.25, 0.3) is 0 Å². The van der Waals surface area contributed by atoms with Gasteiger partial charge in [0.2, 0.25) is 0 Å². The lowest BCUT2D eigenvalue weighted by molar-refractivity contribution is 0.0696. The third-order valence-electron chi connectivity index (χ3n) is 2.94. The fourth-order valence-corrected chi connectivity index (χ4v) is 2.08. The summed E-state index contributed by atoms with van der Waals surface area (Å²) >= 11 is 6.06. The van der Waals surface area contributed by atoms with E-state index >= 15 is 0 Å². The standard InChI is InChI=1S/C15H15ClN2O3/c1-8-4-12(13(21-3)7-11(8)16)18-14-6-10(15(19)20)5-9(2)17-14/h4-7H,1-3H3,(H,17,18)(H,19,20). The number of benzene rings is 1. The lowest BCUT2D eigenvalue weighted by Crippen LogP contribution is -2.03. The van der Waals surface area contributed by atoms with Crippen molar-refractivity contribution < 1.29 is 14.6 Å². The summed E-state index contributed by atoms with van der Waals surface area (Å²) in [6.07, 6.45) is 0. The number of hydrogen-bond donors (Lipinski definition) is 2. The number of nitrogens with zero attached hydrogens (tertiary/aromatic N) is 1. The van der Waals surface area contributed by atoms with Crippen LogP contribution in [0.3, 0.4) is 0 Å². The Hall–Kier alpha value is -2.27. The number of rotatable bonds is 4. The summed E-state index contributed by atoms with van der Waals surface area (Å²) in [5, 5.41) is 12.8. The van der Waals surface area contributed by atoms with Crippen molar-refractivity contribution in [3.63, 3.8) is 0 Å². The third kappa shape index (κ3) is 3.44. The van der Waals surface area contributed by atoms with Gasteiger partial charge in [0.15, 0.2) is 0 Å². The van der Waals surface area contributed by atoms with Gasteiger partial charge < -0.3 is 15.2 Å². The van der Waals surface area contributed by atoms with Crippen molar-refractivity contribution in [2.45, 2.75) is 13.8 Å². The van der Waals surface area contributed by atoms with E-state index in [4.69, 9.17) is 21.4 Å². The zero-order chi connectivity index (χ0) is 15.6. The SMILES string of the molecule is COc1cc(Cl)c(C)cc1Nc1cc(C(=O)O)cc(C)n1. The van der Waals surface area contributed by atoms with Crippen LogP contribution >= 0.6 is 11.6 Å². The molecule has 1 heterocycles. The van der Waals surface area contributed by atoms with Crippen LogP contribution in [0.25, 0.3) is 0 Å². The van der Waals surface area contributed by atoms with E-state index in [-0.39, 0.29) is 5.56 Å². The van der Waals surface area contributed by atoms with Crippen molar-refractivity contribution >= 4 is 29.1 Å². The summed E-state index contributed by atoms with van der Waals surface area (Å²) in [6.45, 7) is 3.61. The van der Waals surface area contributed by atoms with Crippen LogP contribution in [0.15, 0.2) is 24.3 Å². The van der Waals surface area contributed by atoms with Crippen LogP contribution in [0.1, 0.15) is 21.6 Å². The zero-order valence-electron chi connectivity index (χ0n) is 11.9. The van der Waals surface area contributed by atoms with Gasteiger partial charge in [0.05, 0.1) is 18.4 Å². The number of methoxy groups -OCH3 is 1. The van der Waals surface area contributed by atoms with E-state index in [1.807, 2.05) is 13.0 Å². The first-order valence-electron chi connectivity index (χ1n) is 6.24. The molecule has 0 bridgehead atoms. The smallest absolute Gasteiger partial charge is 0.335 e. The maximum Gasteiger partial charge on any atom is 0.335 e. The number of hydrogen-bond acceptors (Lipinski definition) is 4. The molecule has 0 spiro atoms. The Morgan fingerprint density at radius 3 is 2.62 bits per heavy atom. The van der Waals surface area contributed by atoms with E-state index in [2.05, 4.69) is 10.3 Å². The zero-order valence-corrected chi connectivity index (χ0v) is 12.7. The number of nitrogens with one attached hydrogen (secondary N) is 1. The second-order valence-electron chi connectivity index (χ2n) is 4.61. The largest absolute Gasteiger partial charge is 0.495 e. The van der Waals surface area contributed by atoms with Gasteiger partial charge >= 0.3 is 5.97 Å². The monoisotopic (exact) mass is 306 g/mol.